The predicted octanol–water partition coefficient (Wildman–Crippen LogP) is 4.56. The highest BCUT2D eigenvalue weighted by Crippen LogP contribution is 2.37. The minimum absolute atomic E-state index is 0.156. The third-order valence-electron chi connectivity index (χ3n) is 7.88. The van der Waals surface area contributed by atoms with Crippen molar-refractivity contribution < 1.29 is 9.50 Å². The van der Waals surface area contributed by atoms with E-state index in [0.717, 1.165) is 78.4 Å². The van der Waals surface area contributed by atoms with Gasteiger partial charge in [-0.25, -0.2) is 14.4 Å². The van der Waals surface area contributed by atoms with Gasteiger partial charge in [-0.15, -0.1) is 0 Å². The molecule has 6 rings (SSSR count). The molecule has 1 aliphatic carbocycles. The first-order valence-corrected chi connectivity index (χ1v) is 13.4. The molecule has 0 amide bonds. The molecule has 1 aliphatic heterocycles. The number of anilines is 1. The van der Waals surface area contributed by atoms with Crippen molar-refractivity contribution in [1.29, 1.82) is 0 Å². The molecule has 9 heteroatoms. The van der Waals surface area contributed by atoms with Crippen LogP contribution in [0.25, 0.3) is 22.3 Å². The molecular formula is C29H34FN7O. The third-order valence-corrected chi connectivity index (χ3v) is 7.88. The molecule has 1 N–H and O–H groups in total. The fraction of sp³-hybridized carbons (Fsp3) is 0.448. The lowest BCUT2D eigenvalue weighted by atomic mass is 9.89. The second-order valence-corrected chi connectivity index (χ2v) is 11.2. The molecule has 1 unspecified atom stereocenters. The smallest absolute Gasteiger partial charge is 0.156 e. The van der Waals surface area contributed by atoms with Crippen LogP contribution in [0.4, 0.5) is 10.2 Å². The summed E-state index contributed by atoms with van der Waals surface area (Å²) in [6, 6.07) is 9.40. The van der Waals surface area contributed by atoms with Crippen molar-refractivity contribution in [2.75, 3.05) is 31.1 Å². The maximum absolute atomic E-state index is 14.2. The maximum Gasteiger partial charge on any atom is 0.156 e. The number of fused-ring (bicyclic) bond motifs is 1. The molecule has 0 spiro atoms. The Labute approximate surface area is 222 Å². The topological polar surface area (TPSA) is 83.2 Å². The van der Waals surface area contributed by atoms with E-state index in [1.54, 1.807) is 26.1 Å². The zero-order chi connectivity index (χ0) is 26.4. The van der Waals surface area contributed by atoms with Crippen molar-refractivity contribution in [3.05, 3.63) is 66.0 Å². The lowest BCUT2D eigenvalue weighted by Crippen LogP contribution is -2.46. The van der Waals surface area contributed by atoms with Gasteiger partial charge in [0.05, 0.1) is 29.6 Å². The van der Waals surface area contributed by atoms with Crippen molar-refractivity contribution >= 4 is 16.9 Å². The summed E-state index contributed by atoms with van der Waals surface area (Å²) in [6.07, 6.45) is 8.03. The summed E-state index contributed by atoms with van der Waals surface area (Å²) in [5, 5.41) is 15.1. The number of nitrogens with zero attached hydrogens (tertiary/aromatic N) is 7. The van der Waals surface area contributed by atoms with Crippen molar-refractivity contribution in [1.82, 2.24) is 29.6 Å². The van der Waals surface area contributed by atoms with E-state index in [9.17, 15) is 9.50 Å². The molecule has 3 aromatic heterocycles. The molecule has 38 heavy (non-hydrogen) atoms. The van der Waals surface area contributed by atoms with Crippen LogP contribution >= 0.6 is 0 Å². The Kier molecular flexibility index (Phi) is 6.36. The van der Waals surface area contributed by atoms with E-state index in [0.29, 0.717) is 12.6 Å². The average molecular weight is 516 g/mol. The normalized spacial score (nSPS) is 17.8. The quantitative estimate of drug-likeness (QED) is 0.386. The van der Waals surface area contributed by atoms with Crippen molar-refractivity contribution in [3.63, 3.8) is 0 Å². The largest absolute Gasteiger partial charge is 0.390 e. The van der Waals surface area contributed by atoms with Gasteiger partial charge in [0.2, 0.25) is 0 Å². The molecule has 1 saturated carbocycles. The molecule has 2 fully saturated rings. The molecule has 8 nitrogen and oxygen atoms in total. The highest BCUT2D eigenvalue weighted by Gasteiger charge is 2.28. The molecule has 1 saturated heterocycles. The second kappa shape index (κ2) is 9.71. The molecule has 1 aromatic carbocycles. The Balaban J connectivity index is 1.32. The molecule has 2 aliphatic rings. The molecule has 4 heterocycles. The number of piperazine rings is 1. The van der Waals surface area contributed by atoms with Crippen LogP contribution in [0.15, 0.2) is 48.9 Å². The van der Waals surface area contributed by atoms with E-state index in [4.69, 9.17) is 9.97 Å². The van der Waals surface area contributed by atoms with Gasteiger partial charge in [-0.1, -0.05) is 25.1 Å². The SMILES string of the molecule is CC(c1cc2nc(-c3cnn(C4CC4)c3)c(N3CCN(Cc4ccccc4F)CC3)nc2cn1)C(C)(C)O. The monoisotopic (exact) mass is 515 g/mol. The van der Waals surface area contributed by atoms with Gasteiger partial charge in [0, 0.05) is 61.7 Å². The lowest BCUT2D eigenvalue weighted by Gasteiger charge is -2.36. The van der Waals surface area contributed by atoms with Crippen LogP contribution in [0.3, 0.4) is 0 Å². The summed E-state index contributed by atoms with van der Waals surface area (Å²) < 4.78 is 16.2. The molecular weight excluding hydrogens is 481 g/mol. The summed E-state index contributed by atoms with van der Waals surface area (Å²) >= 11 is 0. The highest BCUT2D eigenvalue weighted by atomic mass is 19.1. The first-order chi connectivity index (χ1) is 18.3. The number of aliphatic hydroxyl groups is 1. The Hall–Kier alpha value is -3.43. The van der Waals surface area contributed by atoms with E-state index < -0.39 is 5.60 Å². The van der Waals surface area contributed by atoms with Gasteiger partial charge < -0.3 is 10.0 Å². The van der Waals surface area contributed by atoms with E-state index in [-0.39, 0.29) is 11.7 Å². The number of hydrogen-bond acceptors (Lipinski definition) is 7. The number of aromatic nitrogens is 5. The predicted molar refractivity (Wildman–Crippen MR) is 145 cm³/mol. The van der Waals surface area contributed by atoms with Gasteiger partial charge in [-0.3, -0.25) is 14.6 Å². The lowest BCUT2D eigenvalue weighted by molar-refractivity contribution is 0.0546. The van der Waals surface area contributed by atoms with Crippen LogP contribution in [0.2, 0.25) is 0 Å². The van der Waals surface area contributed by atoms with Crippen LogP contribution in [-0.2, 0) is 6.54 Å². The Morgan fingerprint density at radius 1 is 1.05 bits per heavy atom. The van der Waals surface area contributed by atoms with E-state index in [1.165, 1.54) is 6.07 Å². The van der Waals surface area contributed by atoms with E-state index >= 15 is 0 Å². The molecule has 4 aromatic rings. The van der Waals surface area contributed by atoms with Crippen LogP contribution in [0.5, 0.6) is 0 Å². The first-order valence-electron chi connectivity index (χ1n) is 13.4. The van der Waals surface area contributed by atoms with E-state index in [1.807, 2.05) is 36.0 Å². The third kappa shape index (κ3) is 5.00. The number of rotatable bonds is 7. The first kappa shape index (κ1) is 24.9. The Morgan fingerprint density at radius 3 is 2.53 bits per heavy atom. The fourth-order valence-electron chi connectivity index (χ4n) is 4.96. The number of hydrogen-bond donors (Lipinski definition) is 1. The molecule has 0 bridgehead atoms. The zero-order valence-corrected chi connectivity index (χ0v) is 22.2. The number of halogens is 1. The summed E-state index contributed by atoms with van der Waals surface area (Å²) in [5.41, 5.74) is 3.84. The van der Waals surface area contributed by atoms with Gasteiger partial charge in [0.25, 0.3) is 0 Å². The summed E-state index contributed by atoms with van der Waals surface area (Å²) in [6.45, 7) is 9.28. The van der Waals surface area contributed by atoms with Crippen LogP contribution in [0.1, 0.15) is 56.8 Å². The Bertz CT molecular complexity index is 1450. The van der Waals surface area contributed by atoms with Gasteiger partial charge in [0.1, 0.15) is 17.0 Å². The van der Waals surface area contributed by atoms with Crippen molar-refractivity contribution in [2.45, 2.75) is 57.7 Å². The van der Waals surface area contributed by atoms with Crippen molar-refractivity contribution in [2.24, 2.45) is 0 Å². The van der Waals surface area contributed by atoms with E-state index in [2.05, 4.69) is 26.1 Å². The maximum atomic E-state index is 14.2. The summed E-state index contributed by atoms with van der Waals surface area (Å²) in [4.78, 5) is 19.3. The minimum Gasteiger partial charge on any atom is -0.390 e. The minimum atomic E-state index is -0.898. The fourth-order valence-corrected chi connectivity index (χ4v) is 4.96. The van der Waals surface area contributed by atoms with Crippen molar-refractivity contribution in [3.8, 4) is 11.3 Å². The second-order valence-electron chi connectivity index (χ2n) is 11.2. The van der Waals surface area contributed by atoms with Gasteiger partial charge in [0.15, 0.2) is 5.82 Å². The van der Waals surface area contributed by atoms with Gasteiger partial charge in [-0.05, 0) is 38.8 Å². The highest BCUT2D eigenvalue weighted by molar-refractivity contribution is 5.83. The van der Waals surface area contributed by atoms with Crippen LogP contribution in [0, 0.1) is 5.82 Å². The van der Waals surface area contributed by atoms with Gasteiger partial charge >= 0.3 is 0 Å². The van der Waals surface area contributed by atoms with Gasteiger partial charge in [-0.2, -0.15) is 5.10 Å². The average Bonchev–Trinajstić information content (AvgIpc) is 3.65. The molecule has 1 atom stereocenters. The summed E-state index contributed by atoms with van der Waals surface area (Å²) in [5.74, 6) is 0.511. The Morgan fingerprint density at radius 2 is 1.82 bits per heavy atom. The van der Waals surface area contributed by atoms with Crippen LogP contribution in [-0.4, -0.2) is 66.5 Å². The number of benzene rings is 1. The molecule has 0 radical (unpaired) electrons. The summed E-state index contributed by atoms with van der Waals surface area (Å²) in [7, 11) is 0. The standard InChI is InChI=1S/C29H34FN7O/c1-19(29(2,3)38)24-14-25-26(16-31-24)34-28(27(33-25)21-15-32-37(18-21)22-8-9-22)36-12-10-35(11-13-36)17-20-6-4-5-7-23(20)30/h4-7,14-16,18-19,22,38H,8-13,17H2,1-3H3. The number of pyridine rings is 1. The molecule has 198 valence electrons. The zero-order valence-electron chi connectivity index (χ0n) is 22.2. The van der Waals surface area contributed by atoms with Crippen LogP contribution < -0.4 is 4.90 Å².